The van der Waals surface area contributed by atoms with E-state index in [-0.39, 0.29) is 17.6 Å². The summed E-state index contributed by atoms with van der Waals surface area (Å²) >= 11 is 0. The van der Waals surface area contributed by atoms with Gasteiger partial charge in [0, 0.05) is 23.9 Å². The second-order valence-corrected chi connectivity index (χ2v) is 10.7. The minimum atomic E-state index is -0.853. The van der Waals surface area contributed by atoms with Crippen molar-refractivity contribution in [3.8, 4) is 5.69 Å². The summed E-state index contributed by atoms with van der Waals surface area (Å²) in [5.41, 5.74) is 6.90. The number of carbonyl (C=O) groups is 1. The molecule has 2 atom stereocenters. The van der Waals surface area contributed by atoms with Crippen molar-refractivity contribution in [3.63, 3.8) is 0 Å². The molecule has 3 aliphatic rings. The lowest BCUT2D eigenvalue weighted by molar-refractivity contribution is -0.120. The van der Waals surface area contributed by atoms with Crippen molar-refractivity contribution in [2.24, 2.45) is 0 Å². The molecule has 0 radical (unpaired) electrons. The van der Waals surface area contributed by atoms with Gasteiger partial charge in [-0.15, -0.1) is 0 Å². The smallest absolute Gasteiger partial charge is 0.224 e. The largest absolute Gasteiger partial charge is 0.385 e. The topological polar surface area (TPSA) is 67.2 Å². The molecule has 3 aromatic rings. The number of hydrogen-bond donors (Lipinski definition) is 2. The molecular weight excluding hydrogens is 453 g/mol. The van der Waals surface area contributed by atoms with Gasteiger partial charge in [0.2, 0.25) is 5.91 Å². The second-order valence-electron chi connectivity index (χ2n) is 10.7. The van der Waals surface area contributed by atoms with E-state index >= 15 is 0 Å². The second kappa shape index (κ2) is 9.00. The highest BCUT2D eigenvalue weighted by molar-refractivity contribution is 5.79. The standard InChI is InChI=1S/C30H32FN3O2/c1-19-26-18-32-34(25-10-6-23(31)7-11-25)27(26)16-22-13-15-30(36,29(19)22)14-12-20-4-2-3-5-21(20)17-28(35)33-24-8-9-24/h2-7,10-11,18-19,24,36H,8-9,12-17H2,1H3,(H,33,35)/t19?,30-/m0/s1. The number of benzene rings is 2. The summed E-state index contributed by atoms with van der Waals surface area (Å²) in [5, 5.41) is 19.6. The molecule has 5 nitrogen and oxygen atoms in total. The van der Waals surface area contributed by atoms with E-state index in [0.717, 1.165) is 72.2 Å². The number of carbonyl (C=O) groups excluding carboxylic acids is 1. The first-order valence-electron chi connectivity index (χ1n) is 13.0. The van der Waals surface area contributed by atoms with Crippen LogP contribution in [-0.4, -0.2) is 32.4 Å². The van der Waals surface area contributed by atoms with Gasteiger partial charge in [0.25, 0.3) is 0 Å². The molecule has 0 saturated heterocycles. The maximum absolute atomic E-state index is 13.4. The monoisotopic (exact) mass is 485 g/mol. The fourth-order valence-corrected chi connectivity index (χ4v) is 6.19. The van der Waals surface area contributed by atoms with Crippen LogP contribution in [-0.2, 0) is 24.1 Å². The van der Waals surface area contributed by atoms with Crippen LogP contribution in [0.3, 0.4) is 0 Å². The van der Waals surface area contributed by atoms with E-state index in [1.807, 2.05) is 29.1 Å². The van der Waals surface area contributed by atoms with Crippen molar-refractivity contribution < 1.29 is 14.3 Å². The van der Waals surface area contributed by atoms with E-state index in [1.54, 1.807) is 12.1 Å². The minimum Gasteiger partial charge on any atom is -0.385 e. The third kappa shape index (κ3) is 4.28. The molecule has 1 unspecified atom stereocenters. The molecule has 0 aliphatic heterocycles. The van der Waals surface area contributed by atoms with Gasteiger partial charge in [0.1, 0.15) is 5.82 Å². The zero-order valence-corrected chi connectivity index (χ0v) is 20.6. The molecule has 0 bridgehead atoms. The lowest BCUT2D eigenvalue weighted by Crippen LogP contribution is -2.33. The van der Waals surface area contributed by atoms with E-state index in [4.69, 9.17) is 0 Å². The van der Waals surface area contributed by atoms with Gasteiger partial charge in [0.15, 0.2) is 0 Å². The van der Waals surface area contributed by atoms with Crippen molar-refractivity contribution in [1.82, 2.24) is 15.1 Å². The third-order valence-corrected chi connectivity index (χ3v) is 8.20. The molecule has 2 aromatic carbocycles. The predicted molar refractivity (Wildman–Crippen MR) is 136 cm³/mol. The Morgan fingerprint density at radius 2 is 1.92 bits per heavy atom. The van der Waals surface area contributed by atoms with Crippen LogP contribution in [0.15, 0.2) is 65.9 Å². The first kappa shape index (κ1) is 23.2. The SMILES string of the molecule is CC1C2=C(CC[C@@]2(O)CCc2ccccc2CC(=O)NC2CC2)Cc2c1cnn2-c1ccc(F)cc1. The van der Waals surface area contributed by atoms with Crippen LogP contribution in [0.2, 0.25) is 0 Å². The Bertz CT molecular complexity index is 1340. The summed E-state index contributed by atoms with van der Waals surface area (Å²) in [6, 6.07) is 14.9. The molecule has 1 saturated carbocycles. The molecule has 36 heavy (non-hydrogen) atoms. The lowest BCUT2D eigenvalue weighted by atomic mass is 9.76. The van der Waals surface area contributed by atoms with Gasteiger partial charge in [-0.25, -0.2) is 9.07 Å². The maximum atomic E-state index is 13.4. The molecule has 1 fully saturated rings. The number of aryl methyl sites for hydroxylation is 1. The zero-order valence-electron chi connectivity index (χ0n) is 20.6. The third-order valence-electron chi connectivity index (χ3n) is 8.20. The fraction of sp³-hybridized carbons (Fsp3) is 0.400. The highest BCUT2D eigenvalue weighted by atomic mass is 19.1. The van der Waals surface area contributed by atoms with Crippen LogP contribution in [0.1, 0.15) is 67.3 Å². The Kier molecular flexibility index (Phi) is 5.79. The average molecular weight is 486 g/mol. The fourth-order valence-electron chi connectivity index (χ4n) is 6.19. The number of rotatable bonds is 7. The molecule has 1 heterocycles. The van der Waals surface area contributed by atoms with Gasteiger partial charge >= 0.3 is 0 Å². The van der Waals surface area contributed by atoms with Gasteiger partial charge in [-0.1, -0.05) is 36.8 Å². The molecule has 1 amide bonds. The zero-order chi connectivity index (χ0) is 24.9. The molecule has 2 N–H and O–H groups in total. The Morgan fingerprint density at radius 3 is 2.67 bits per heavy atom. The molecule has 0 spiro atoms. The summed E-state index contributed by atoms with van der Waals surface area (Å²) in [5.74, 6) is -0.102. The Hall–Kier alpha value is -3.25. The molecule has 6 heteroatoms. The number of hydrogen-bond acceptors (Lipinski definition) is 3. The van der Waals surface area contributed by atoms with Crippen LogP contribution in [0.4, 0.5) is 4.39 Å². The van der Waals surface area contributed by atoms with Crippen LogP contribution in [0.5, 0.6) is 0 Å². The van der Waals surface area contributed by atoms with Gasteiger partial charge in [-0.3, -0.25) is 4.79 Å². The quantitative estimate of drug-likeness (QED) is 0.466. The van der Waals surface area contributed by atoms with E-state index in [9.17, 15) is 14.3 Å². The van der Waals surface area contributed by atoms with Crippen LogP contribution in [0, 0.1) is 5.82 Å². The van der Waals surface area contributed by atoms with Gasteiger partial charge in [-0.2, -0.15) is 5.10 Å². The van der Waals surface area contributed by atoms with Crippen LogP contribution in [0.25, 0.3) is 5.69 Å². The number of fused-ring (bicyclic) bond motifs is 1. The van der Waals surface area contributed by atoms with E-state index in [0.29, 0.717) is 18.9 Å². The van der Waals surface area contributed by atoms with Crippen LogP contribution < -0.4 is 5.32 Å². The average Bonchev–Trinajstić information content (AvgIpc) is 3.47. The van der Waals surface area contributed by atoms with Gasteiger partial charge < -0.3 is 10.4 Å². The van der Waals surface area contributed by atoms with Crippen molar-refractivity contribution in [2.75, 3.05) is 0 Å². The summed E-state index contributed by atoms with van der Waals surface area (Å²) in [6.45, 7) is 2.16. The predicted octanol–water partition coefficient (Wildman–Crippen LogP) is 4.95. The Labute approximate surface area is 211 Å². The van der Waals surface area contributed by atoms with Crippen LogP contribution >= 0.6 is 0 Å². The lowest BCUT2D eigenvalue weighted by Gasteiger charge is -2.33. The molecule has 3 aliphatic carbocycles. The Balaban J connectivity index is 1.21. The Morgan fingerprint density at radius 1 is 1.17 bits per heavy atom. The number of nitrogens with one attached hydrogen (secondary N) is 1. The summed E-state index contributed by atoms with van der Waals surface area (Å²) < 4.78 is 15.4. The molecule has 6 rings (SSSR count). The first-order valence-corrected chi connectivity index (χ1v) is 13.0. The number of allylic oxidation sites excluding steroid dienone is 1. The summed E-state index contributed by atoms with van der Waals surface area (Å²) in [4.78, 5) is 12.4. The highest BCUT2D eigenvalue weighted by Crippen LogP contribution is 2.50. The van der Waals surface area contributed by atoms with E-state index in [2.05, 4.69) is 23.4 Å². The van der Waals surface area contributed by atoms with Gasteiger partial charge in [-0.05, 0) is 79.5 Å². The number of aromatic nitrogens is 2. The molecule has 186 valence electrons. The number of halogens is 1. The van der Waals surface area contributed by atoms with Crippen molar-refractivity contribution in [1.29, 1.82) is 0 Å². The molecular formula is C30H32FN3O2. The van der Waals surface area contributed by atoms with Crippen molar-refractivity contribution in [3.05, 3.63) is 94.1 Å². The maximum Gasteiger partial charge on any atom is 0.224 e. The van der Waals surface area contributed by atoms with Crippen molar-refractivity contribution >= 4 is 5.91 Å². The number of amides is 1. The van der Waals surface area contributed by atoms with Gasteiger partial charge in [0.05, 0.1) is 29.6 Å². The normalized spacial score (nSPS) is 22.9. The minimum absolute atomic E-state index is 0.0741. The van der Waals surface area contributed by atoms with E-state index in [1.165, 1.54) is 17.7 Å². The number of nitrogens with zero attached hydrogens (tertiary/aromatic N) is 2. The van der Waals surface area contributed by atoms with E-state index < -0.39 is 5.60 Å². The molecule has 1 aromatic heterocycles. The van der Waals surface area contributed by atoms with Crippen molar-refractivity contribution in [2.45, 2.75) is 75.9 Å². The summed E-state index contributed by atoms with van der Waals surface area (Å²) in [6.07, 6.45) is 8.18. The first-order chi connectivity index (χ1) is 17.4. The summed E-state index contributed by atoms with van der Waals surface area (Å²) in [7, 11) is 0. The highest BCUT2D eigenvalue weighted by Gasteiger charge is 2.44. The number of aliphatic hydroxyl groups is 1.